The van der Waals surface area contributed by atoms with Crippen LogP contribution >= 0.6 is 0 Å². The minimum Gasteiger partial charge on any atom is -0.486 e. The topological polar surface area (TPSA) is 63.6 Å². The molecule has 0 radical (unpaired) electrons. The molecular formula is C17H24O4. The fourth-order valence-electron chi connectivity index (χ4n) is 2.42. The van der Waals surface area contributed by atoms with Gasteiger partial charge in [0, 0.05) is 13.3 Å². The normalized spacial score (nSPS) is 14.1. The van der Waals surface area contributed by atoms with Crippen molar-refractivity contribution >= 4 is 11.8 Å². The highest BCUT2D eigenvalue weighted by Crippen LogP contribution is 2.28. The monoisotopic (exact) mass is 292 g/mol. The molecule has 1 fully saturated rings. The number of carbonyl (C=O) groups is 2. The van der Waals surface area contributed by atoms with E-state index in [-0.39, 0.29) is 12.4 Å². The number of hydrogen-bond acceptors (Lipinski definition) is 3. The van der Waals surface area contributed by atoms with Crippen molar-refractivity contribution < 1.29 is 19.4 Å². The van der Waals surface area contributed by atoms with Crippen LogP contribution in [0.1, 0.15) is 45.4 Å². The molecule has 0 aromatic heterocycles. The quantitative estimate of drug-likeness (QED) is 0.868. The van der Waals surface area contributed by atoms with Gasteiger partial charge >= 0.3 is 0 Å². The van der Waals surface area contributed by atoms with Crippen LogP contribution in [0.3, 0.4) is 0 Å². The Balaban J connectivity index is 0.000000491. The van der Waals surface area contributed by atoms with Gasteiger partial charge in [-0.25, -0.2) is 0 Å². The molecule has 2 rings (SSSR count). The van der Waals surface area contributed by atoms with Crippen molar-refractivity contribution in [1.82, 2.24) is 0 Å². The number of ketones is 1. The van der Waals surface area contributed by atoms with Gasteiger partial charge in [0.1, 0.15) is 12.4 Å². The maximum Gasteiger partial charge on any atom is 0.300 e. The maximum absolute atomic E-state index is 11.6. The Morgan fingerprint density at radius 1 is 1.19 bits per heavy atom. The summed E-state index contributed by atoms with van der Waals surface area (Å²) in [5, 5.41) is 7.42. The Hall–Kier alpha value is -1.84. The Kier molecular flexibility index (Phi) is 8.17. The zero-order chi connectivity index (χ0) is 15.5. The van der Waals surface area contributed by atoms with E-state index >= 15 is 0 Å². The molecule has 1 aliphatic carbocycles. The van der Waals surface area contributed by atoms with Crippen molar-refractivity contribution in [3.63, 3.8) is 0 Å². The first-order valence-electron chi connectivity index (χ1n) is 7.47. The van der Waals surface area contributed by atoms with Gasteiger partial charge < -0.3 is 9.84 Å². The Labute approximate surface area is 126 Å². The molecule has 4 heteroatoms. The smallest absolute Gasteiger partial charge is 0.300 e. The third-order valence-electron chi connectivity index (χ3n) is 3.45. The Bertz CT molecular complexity index is 418. The number of carboxylic acid groups (broad SMARTS) is 1. The number of benzene rings is 1. The number of hydrogen-bond donors (Lipinski definition) is 1. The molecule has 0 aliphatic heterocycles. The summed E-state index contributed by atoms with van der Waals surface area (Å²) in [7, 11) is 0. The number of Topliss-reactive ketones (excluding diaryl/α,β-unsaturated/α-hetero) is 1. The van der Waals surface area contributed by atoms with Crippen molar-refractivity contribution in [3.8, 4) is 5.75 Å². The average molecular weight is 292 g/mol. The maximum atomic E-state index is 11.6. The van der Waals surface area contributed by atoms with E-state index in [2.05, 4.69) is 0 Å². The minimum absolute atomic E-state index is 0.219. The van der Waals surface area contributed by atoms with Crippen molar-refractivity contribution in [2.24, 2.45) is 5.92 Å². The van der Waals surface area contributed by atoms with E-state index in [0.29, 0.717) is 6.42 Å². The Morgan fingerprint density at radius 3 is 2.33 bits per heavy atom. The van der Waals surface area contributed by atoms with Crippen molar-refractivity contribution in [2.75, 3.05) is 6.61 Å². The second kappa shape index (κ2) is 9.97. The SMILES string of the molecule is CC(=O)O.O=C(CCC1CCCC1)COc1ccccc1. The highest BCUT2D eigenvalue weighted by atomic mass is 16.5. The fraction of sp³-hybridized carbons (Fsp3) is 0.529. The standard InChI is InChI=1S/C15H20O2.C2H4O2/c16-14(11-10-13-6-4-5-7-13)12-17-15-8-2-1-3-9-15;1-2(3)4/h1-3,8-9,13H,4-7,10-12H2;1H3,(H,3,4). The zero-order valence-corrected chi connectivity index (χ0v) is 12.6. The number of carbonyl (C=O) groups excluding carboxylic acids is 1. The van der Waals surface area contributed by atoms with Crippen LogP contribution in [-0.2, 0) is 9.59 Å². The summed E-state index contributed by atoms with van der Waals surface area (Å²) in [4.78, 5) is 20.6. The van der Waals surface area contributed by atoms with E-state index in [1.54, 1.807) is 0 Å². The second-order valence-corrected chi connectivity index (χ2v) is 5.35. The first kappa shape index (κ1) is 17.2. The molecule has 1 aliphatic rings. The lowest BCUT2D eigenvalue weighted by atomic mass is 10.0. The van der Waals surface area contributed by atoms with Crippen molar-refractivity contribution in [3.05, 3.63) is 30.3 Å². The molecule has 0 atom stereocenters. The van der Waals surface area contributed by atoms with Crippen LogP contribution in [0.2, 0.25) is 0 Å². The molecule has 1 N–H and O–H groups in total. The third-order valence-corrected chi connectivity index (χ3v) is 3.45. The van der Waals surface area contributed by atoms with E-state index in [1.165, 1.54) is 25.7 Å². The minimum atomic E-state index is -0.833. The summed E-state index contributed by atoms with van der Waals surface area (Å²) < 4.78 is 5.43. The van der Waals surface area contributed by atoms with Gasteiger partial charge in [0.05, 0.1) is 0 Å². The number of rotatable bonds is 6. The van der Waals surface area contributed by atoms with Gasteiger partial charge in [0.2, 0.25) is 0 Å². The zero-order valence-electron chi connectivity index (χ0n) is 12.6. The first-order chi connectivity index (χ1) is 10.1. The summed E-state index contributed by atoms with van der Waals surface area (Å²) in [6.45, 7) is 1.30. The van der Waals surface area contributed by atoms with Gasteiger partial charge in [-0.05, 0) is 24.5 Å². The summed E-state index contributed by atoms with van der Waals surface area (Å²) in [5.41, 5.74) is 0. The summed E-state index contributed by atoms with van der Waals surface area (Å²) in [6, 6.07) is 9.53. The molecule has 0 heterocycles. The molecule has 1 saturated carbocycles. The van der Waals surface area contributed by atoms with Crippen LogP contribution in [0.4, 0.5) is 0 Å². The number of aliphatic carboxylic acids is 1. The molecule has 0 unspecified atom stereocenters. The van der Waals surface area contributed by atoms with Crippen LogP contribution in [0.5, 0.6) is 5.75 Å². The van der Waals surface area contributed by atoms with Gasteiger partial charge in [-0.3, -0.25) is 9.59 Å². The molecule has 0 bridgehead atoms. The predicted octanol–water partition coefficient (Wildman–Crippen LogP) is 3.70. The van der Waals surface area contributed by atoms with Crippen LogP contribution < -0.4 is 4.74 Å². The van der Waals surface area contributed by atoms with Crippen molar-refractivity contribution in [1.29, 1.82) is 0 Å². The van der Waals surface area contributed by atoms with E-state index in [4.69, 9.17) is 14.6 Å². The van der Waals surface area contributed by atoms with Gasteiger partial charge in [0.15, 0.2) is 5.78 Å². The van der Waals surface area contributed by atoms with E-state index in [0.717, 1.165) is 25.0 Å². The molecule has 21 heavy (non-hydrogen) atoms. The molecule has 0 saturated heterocycles. The van der Waals surface area contributed by atoms with Crippen LogP contribution in [0.25, 0.3) is 0 Å². The molecule has 1 aromatic carbocycles. The molecule has 1 aromatic rings. The first-order valence-corrected chi connectivity index (χ1v) is 7.47. The van der Waals surface area contributed by atoms with Gasteiger partial charge in [0.25, 0.3) is 5.97 Å². The van der Waals surface area contributed by atoms with Crippen LogP contribution in [-0.4, -0.2) is 23.5 Å². The molecule has 4 nitrogen and oxygen atoms in total. The van der Waals surface area contributed by atoms with Gasteiger partial charge in [-0.1, -0.05) is 43.9 Å². The second-order valence-electron chi connectivity index (χ2n) is 5.35. The Morgan fingerprint density at radius 2 is 1.76 bits per heavy atom. The van der Waals surface area contributed by atoms with Gasteiger partial charge in [-0.15, -0.1) is 0 Å². The lowest BCUT2D eigenvalue weighted by molar-refractivity contribution is -0.134. The van der Waals surface area contributed by atoms with E-state index < -0.39 is 5.97 Å². The highest BCUT2D eigenvalue weighted by Gasteiger charge is 2.16. The van der Waals surface area contributed by atoms with E-state index in [9.17, 15) is 4.79 Å². The third kappa shape index (κ3) is 8.84. The number of carboxylic acids is 1. The number of para-hydroxylation sites is 1. The predicted molar refractivity (Wildman–Crippen MR) is 81.4 cm³/mol. The fourth-order valence-corrected chi connectivity index (χ4v) is 2.42. The number of ether oxygens (including phenoxy) is 1. The molecule has 116 valence electrons. The largest absolute Gasteiger partial charge is 0.486 e. The highest BCUT2D eigenvalue weighted by molar-refractivity contribution is 5.79. The summed E-state index contributed by atoms with van der Waals surface area (Å²) in [5.74, 6) is 0.957. The van der Waals surface area contributed by atoms with Crippen molar-refractivity contribution in [2.45, 2.75) is 45.4 Å². The molecule has 0 spiro atoms. The lowest BCUT2D eigenvalue weighted by Gasteiger charge is -2.08. The average Bonchev–Trinajstić information content (AvgIpc) is 2.97. The lowest BCUT2D eigenvalue weighted by Crippen LogP contribution is -2.12. The van der Waals surface area contributed by atoms with E-state index in [1.807, 2.05) is 30.3 Å². The van der Waals surface area contributed by atoms with Crippen LogP contribution in [0.15, 0.2) is 30.3 Å². The van der Waals surface area contributed by atoms with Gasteiger partial charge in [-0.2, -0.15) is 0 Å². The molecular weight excluding hydrogens is 268 g/mol. The molecule has 0 amide bonds. The summed E-state index contributed by atoms with van der Waals surface area (Å²) >= 11 is 0. The van der Waals surface area contributed by atoms with Crippen LogP contribution in [0, 0.1) is 5.92 Å². The summed E-state index contributed by atoms with van der Waals surface area (Å²) in [6.07, 6.45) is 7.05.